The minimum Gasteiger partial charge on any atom is -0.494 e. The maximum atomic E-state index is 13.1. The molecule has 1 N–H and O–H groups in total. The Kier molecular flexibility index (Phi) is 5.01. The van der Waals surface area contributed by atoms with Gasteiger partial charge in [-0.25, -0.2) is 5.43 Å². The summed E-state index contributed by atoms with van der Waals surface area (Å²) >= 11 is 0. The van der Waals surface area contributed by atoms with E-state index in [1.165, 1.54) is 19.3 Å². The smallest absolute Gasteiger partial charge is 0.246 e. The number of amides is 1. The van der Waals surface area contributed by atoms with Crippen LogP contribution in [-0.4, -0.2) is 18.7 Å². The van der Waals surface area contributed by atoms with Gasteiger partial charge in [0.05, 0.1) is 18.2 Å². The molecule has 4 heteroatoms. The van der Waals surface area contributed by atoms with Gasteiger partial charge in [0, 0.05) is 0 Å². The van der Waals surface area contributed by atoms with Crippen molar-refractivity contribution in [3.8, 4) is 5.75 Å². The number of carbonyl (C=O) groups excluding carboxylic acids is 1. The minimum absolute atomic E-state index is 0.129. The summed E-state index contributed by atoms with van der Waals surface area (Å²) in [5, 5.41) is 4.28. The van der Waals surface area contributed by atoms with Crippen LogP contribution in [0.25, 0.3) is 0 Å². The highest BCUT2D eigenvalue weighted by molar-refractivity contribution is 5.86. The molecule has 4 aliphatic carbocycles. The second kappa shape index (κ2) is 7.20. The van der Waals surface area contributed by atoms with Gasteiger partial charge in [0.2, 0.25) is 5.91 Å². The molecule has 0 aliphatic heterocycles. The van der Waals surface area contributed by atoms with E-state index in [1.807, 2.05) is 24.3 Å². The third-order valence-electron chi connectivity index (χ3n) is 7.13. The molecule has 1 amide bonds. The molecule has 2 unspecified atom stereocenters. The molecule has 5 rings (SSSR count). The summed E-state index contributed by atoms with van der Waals surface area (Å²) in [4.78, 5) is 13.1. The van der Waals surface area contributed by atoms with Crippen LogP contribution in [-0.2, 0) is 4.79 Å². The number of hydrogen-bond donors (Lipinski definition) is 1. The van der Waals surface area contributed by atoms with Crippen LogP contribution < -0.4 is 10.2 Å². The number of ether oxygens (including phenoxy) is 1. The zero-order valence-electron chi connectivity index (χ0n) is 17.6. The number of carbonyl (C=O) groups is 1. The predicted octanol–water partition coefficient (Wildman–Crippen LogP) is 5.31. The Morgan fingerprint density at radius 2 is 1.82 bits per heavy atom. The standard InChI is InChI=1S/C24H34N2O2/c1-4-5-10-28-20-8-6-18(7-9-20)14-25-26-21(27)24-13-19-11-22(2,16-24)15-23(3,12-19)17-24/h6-9,14,19H,4-5,10-13,15-17H2,1-3H3,(H,26,27)/b25-14+. The second-order valence-corrected chi connectivity index (χ2v) is 10.4. The third-order valence-corrected chi connectivity index (χ3v) is 7.13. The highest BCUT2D eigenvalue weighted by Crippen LogP contribution is 2.69. The average molecular weight is 383 g/mol. The van der Waals surface area contributed by atoms with Crippen LogP contribution in [0.1, 0.15) is 77.7 Å². The summed E-state index contributed by atoms with van der Waals surface area (Å²) in [6, 6.07) is 7.87. The lowest BCUT2D eigenvalue weighted by atomic mass is 9.40. The largest absolute Gasteiger partial charge is 0.494 e. The molecule has 0 heterocycles. The number of hydrazone groups is 1. The van der Waals surface area contributed by atoms with Crippen molar-refractivity contribution in [1.82, 2.24) is 5.43 Å². The summed E-state index contributed by atoms with van der Waals surface area (Å²) in [5.74, 6) is 1.72. The molecule has 2 atom stereocenters. The van der Waals surface area contributed by atoms with Crippen molar-refractivity contribution in [2.75, 3.05) is 6.61 Å². The lowest BCUT2D eigenvalue weighted by Crippen LogP contribution is -2.59. The number of nitrogens with zero attached hydrogens (tertiary/aromatic N) is 1. The van der Waals surface area contributed by atoms with E-state index in [0.29, 0.717) is 16.7 Å². The highest BCUT2D eigenvalue weighted by Gasteiger charge is 2.62. The maximum absolute atomic E-state index is 13.1. The SMILES string of the molecule is CCCCOc1ccc(/C=N/NC(=O)C23CC4CC(C)(CC(C)(C4)C2)C3)cc1. The van der Waals surface area contributed by atoms with Crippen molar-refractivity contribution in [1.29, 1.82) is 0 Å². The molecular formula is C24H34N2O2. The molecule has 4 saturated carbocycles. The molecule has 1 aromatic rings. The van der Waals surface area contributed by atoms with E-state index in [1.54, 1.807) is 6.21 Å². The number of benzene rings is 1. The van der Waals surface area contributed by atoms with Crippen molar-refractivity contribution in [2.45, 2.75) is 72.1 Å². The summed E-state index contributed by atoms with van der Waals surface area (Å²) in [6.07, 6.45) is 10.9. The first-order chi connectivity index (χ1) is 13.3. The van der Waals surface area contributed by atoms with E-state index in [0.717, 1.165) is 50.0 Å². The van der Waals surface area contributed by atoms with Crippen LogP contribution >= 0.6 is 0 Å². The van der Waals surface area contributed by atoms with Crippen molar-refractivity contribution in [3.63, 3.8) is 0 Å². The molecule has 28 heavy (non-hydrogen) atoms. The predicted molar refractivity (Wildman–Crippen MR) is 112 cm³/mol. The van der Waals surface area contributed by atoms with Crippen molar-refractivity contribution in [3.05, 3.63) is 29.8 Å². The number of nitrogens with one attached hydrogen (secondary N) is 1. The molecule has 4 aliphatic rings. The molecule has 4 nitrogen and oxygen atoms in total. The third kappa shape index (κ3) is 3.83. The monoisotopic (exact) mass is 382 g/mol. The molecule has 1 aromatic carbocycles. The normalized spacial score (nSPS) is 36.0. The highest BCUT2D eigenvalue weighted by atomic mass is 16.5. The fraction of sp³-hybridized carbons (Fsp3) is 0.667. The van der Waals surface area contributed by atoms with Crippen LogP contribution in [0, 0.1) is 22.2 Å². The Balaban J connectivity index is 1.37. The first kappa shape index (κ1) is 19.5. The summed E-state index contributed by atoms with van der Waals surface area (Å²) in [6.45, 7) is 7.69. The van der Waals surface area contributed by atoms with E-state index >= 15 is 0 Å². The summed E-state index contributed by atoms with van der Waals surface area (Å²) < 4.78 is 5.69. The van der Waals surface area contributed by atoms with Crippen molar-refractivity contribution in [2.24, 2.45) is 27.3 Å². The zero-order valence-corrected chi connectivity index (χ0v) is 17.6. The van der Waals surface area contributed by atoms with Gasteiger partial charge in [0.25, 0.3) is 0 Å². The zero-order chi connectivity index (χ0) is 19.8. The fourth-order valence-corrected chi connectivity index (χ4v) is 6.97. The van der Waals surface area contributed by atoms with Crippen LogP contribution in [0.15, 0.2) is 29.4 Å². The van der Waals surface area contributed by atoms with E-state index < -0.39 is 0 Å². The summed E-state index contributed by atoms with van der Waals surface area (Å²) in [7, 11) is 0. The van der Waals surface area contributed by atoms with Crippen LogP contribution in [0.2, 0.25) is 0 Å². The van der Waals surface area contributed by atoms with Gasteiger partial charge >= 0.3 is 0 Å². The van der Waals surface area contributed by atoms with Gasteiger partial charge < -0.3 is 4.74 Å². The van der Waals surface area contributed by atoms with Gasteiger partial charge in [0.15, 0.2) is 0 Å². The number of unbranched alkanes of at least 4 members (excludes halogenated alkanes) is 1. The lowest BCUT2D eigenvalue weighted by Gasteiger charge is -2.64. The Morgan fingerprint density at radius 1 is 1.14 bits per heavy atom. The van der Waals surface area contributed by atoms with Crippen molar-refractivity contribution < 1.29 is 9.53 Å². The van der Waals surface area contributed by atoms with Crippen molar-refractivity contribution >= 4 is 12.1 Å². The van der Waals surface area contributed by atoms with Gasteiger partial charge in [-0.15, -0.1) is 0 Å². The maximum Gasteiger partial charge on any atom is 0.246 e. The molecule has 4 bridgehead atoms. The van der Waals surface area contributed by atoms with Crippen LogP contribution in [0.5, 0.6) is 5.75 Å². The van der Waals surface area contributed by atoms with Crippen LogP contribution in [0.4, 0.5) is 0 Å². The number of hydrogen-bond acceptors (Lipinski definition) is 3. The second-order valence-electron chi connectivity index (χ2n) is 10.4. The average Bonchev–Trinajstić information content (AvgIpc) is 2.60. The Hall–Kier alpha value is -1.84. The lowest BCUT2D eigenvalue weighted by molar-refractivity contribution is -0.170. The van der Waals surface area contributed by atoms with Gasteiger partial charge in [-0.1, -0.05) is 27.2 Å². The summed E-state index contributed by atoms with van der Waals surface area (Å²) in [5.41, 5.74) is 4.30. The molecule has 0 spiro atoms. The van der Waals surface area contributed by atoms with E-state index in [4.69, 9.17) is 4.74 Å². The molecule has 0 saturated heterocycles. The van der Waals surface area contributed by atoms with Gasteiger partial charge in [-0.3, -0.25) is 4.79 Å². The first-order valence-corrected chi connectivity index (χ1v) is 10.9. The van der Waals surface area contributed by atoms with Gasteiger partial charge in [-0.2, -0.15) is 5.10 Å². The molecule has 0 radical (unpaired) electrons. The first-order valence-electron chi connectivity index (χ1n) is 10.9. The Bertz CT molecular complexity index is 736. The Labute approximate surface area is 169 Å². The molecule has 152 valence electrons. The Morgan fingerprint density at radius 3 is 2.43 bits per heavy atom. The molecule has 4 fully saturated rings. The van der Waals surface area contributed by atoms with E-state index in [2.05, 4.69) is 31.3 Å². The molecule has 0 aromatic heterocycles. The fourth-order valence-electron chi connectivity index (χ4n) is 6.97. The van der Waals surface area contributed by atoms with Crippen LogP contribution in [0.3, 0.4) is 0 Å². The molecular weight excluding hydrogens is 348 g/mol. The minimum atomic E-state index is -0.211. The van der Waals surface area contributed by atoms with Gasteiger partial charge in [-0.05, 0) is 91.5 Å². The topological polar surface area (TPSA) is 50.7 Å². The van der Waals surface area contributed by atoms with E-state index in [-0.39, 0.29) is 11.3 Å². The number of rotatable bonds is 7. The van der Waals surface area contributed by atoms with E-state index in [9.17, 15) is 4.79 Å². The quantitative estimate of drug-likeness (QED) is 0.394. The van der Waals surface area contributed by atoms with Gasteiger partial charge in [0.1, 0.15) is 5.75 Å².